The molecule has 0 spiro atoms. The van der Waals surface area contributed by atoms with Crippen LogP contribution in [0.15, 0.2) is 28.7 Å². The van der Waals surface area contributed by atoms with Gasteiger partial charge >= 0.3 is 0 Å². The van der Waals surface area contributed by atoms with Gasteiger partial charge in [-0.2, -0.15) is 0 Å². The lowest BCUT2D eigenvalue weighted by Crippen LogP contribution is -2.36. The Hall–Kier alpha value is -1.40. The second-order valence-corrected chi connectivity index (χ2v) is 6.31. The van der Waals surface area contributed by atoms with Crippen molar-refractivity contribution in [2.45, 2.75) is 31.7 Å². The van der Waals surface area contributed by atoms with Gasteiger partial charge in [-0.25, -0.2) is 0 Å². The minimum Gasteiger partial charge on any atom is -0.347 e. The molecule has 1 aliphatic rings. The second-order valence-electron chi connectivity index (χ2n) is 5.39. The van der Waals surface area contributed by atoms with Crippen LogP contribution in [0.4, 0.5) is 5.69 Å². The third-order valence-electron chi connectivity index (χ3n) is 3.74. The molecule has 0 radical (unpaired) electrons. The normalized spacial score (nSPS) is 21.0. The Morgan fingerprint density at radius 3 is 2.52 bits per heavy atom. The van der Waals surface area contributed by atoms with E-state index in [0.29, 0.717) is 12.1 Å². The molecule has 0 unspecified atom stereocenters. The zero-order chi connectivity index (χ0) is 15.2. The number of carbonyl (C=O) groups excluding carboxylic acids is 2. The molecule has 2 atom stereocenters. The van der Waals surface area contributed by atoms with Gasteiger partial charge in [-0.1, -0.05) is 22.4 Å². The molecule has 114 valence electrons. The van der Waals surface area contributed by atoms with E-state index in [1.807, 2.05) is 12.1 Å². The molecule has 1 aliphatic carbocycles. The van der Waals surface area contributed by atoms with Crippen LogP contribution in [0.5, 0.6) is 0 Å². The average Bonchev–Trinajstić information content (AvgIpc) is 2.85. The minimum atomic E-state index is -0.235. The number of nitrogens with one attached hydrogen (secondary N) is 2. The lowest BCUT2D eigenvalue weighted by molar-refractivity contribution is -0.124. The molecule has 1 aromatic carbocycles. The molecular formula is C15H20BrN3O2. The van der Waals surface area contributed by atoms with E-state index >= 15 is 0 Å². The highest BCUT2D eigenvalue weighted by Crippen LogP contribution is 2.26. The van der Waals surface area contributed by atoms with Gasteiger partial charge in [0.1, 0.15) is 0 Å². The Labute approximate surface area is 132 Å². The maximum atomic E-state index is 11.8. The van der Waals surface area contributed by atoms with Gasteiger partial charge in [0.05, 0.1) is 6.54 Å². The number of hydrogen-bond acceptors (Lipinski definition) is 3. The zero-order valence-corrected chi connectivity index (χ0v) is 13.4. The van der Waals surface area contributed by atoms with Crippen molar-refractivity contribution in [3.63, 3.8) is 0 Å². The number of amides is 2. The maximum Gasteiger partial charge on any atom is 0.243 e. The first-order valence-electron chi connectivity index (χ1n) is 7.12. The van der Waals surface area contributed by atoms with E-state index in [1.54, 1.807) is 12.1 Å². The number of rotatable bonds is 5. The van der Waals surface area contributed by atoms with Crippen LogP contribution in [0.3, 0.4) is 0 Å². The monoisotopic (exact) mass is 353 g/mol. The van der Waals surface area contributed by atoms with Crippen LogP contribution in [0.25, 0.3) is 0 Å². The van der Waals surface area contributed by atoms with Gasteiger partial charge in [-0.3, -0.25) is 9.59 Å². The molecule has 4 N–H and O–H groups in total. The van der Waals surface area contributed by atoms with E-state index in [2.05, 4.69) is 26.6 Å². The Morgan fingerprint density at radius 1 is 1.19 bits per heavy atom. The Kier molecular flexibility index (Phi) is 5.76. The molecule has 1 saturated carbocycles. The summed E-state index contributed by atoms with van der Waals surface area (Å²) in [7, 11) is 0. The molecule has 0 aromatic heterocycles. The summed E-state index contributed by atoms with van der Waals surface area (Å²) in [5.74, 6) is -0.0933. The molecule has 5 nitrogen and oxygen atoms in total. The van der Waals surface area contributed by atoms with Crippen LogP contribution >= 0.6 is 15.9 Å². The van der Waals surface area contributed by atoms with Gasteiger partial charge in [0.15, 0.2) is 0 Å². The lowest BCUT2D eigenvalue weighted by atomic mass is 10.00. The first-order chi connectivity index (χ1) is 10.0. The summed E-state index contributed by atoms with van der Waals surface area (Å²) in [5.41, 5.74) is 6.64. The molecule has 0 aliphatic heterocycles. The fourth-order valence-electron chi connectivity index (χ4n) is 2.55. The maximum absolute atomic E-state index is 11.8. The van der Waals surface area contributed by atoms with Crippen molar-refractivity contribution in [3.05, 3.63) is 28.7 Å². The third-order valence-corrected chi connectivity index (χ3v) is 4.27. The van der Waals surface area contributed by atoms with E-state index in [4.69, 9.17) is 5.73 Å². The van der Waals surface area contributed by atoms with Crippen LogP contribution in [0.1, 0.15) is 25.7 Å². The van der Waals surface area contributed by atoms with Gasteiger partial charge in [0.25, 0.3) is 0 Å². The van der Waals surface area contributed by atoms with Crippen LogP contribution in [0, 0.1) is 5.92 Å². The van der Waals surface area contributed by atoms with Crippen molar-refractivity contribution in [3.8, 4) is 0 Å². The fourth-order valence-corrected chi connectivity index (χ4v) is 2.81. The quantitative estimate of drug-likeness (QED) is 0.756. The molecule has 2 rings (SSSR count). The summed E-state index contributed by atoms with van der Waals surface area (Å²) >= 11 is 3.33. The topological polar surface area (TPSA) is 84.2 Å². The number of anilines is 1. The van der Waals surface area contributed by atoms with Crippen molar-refractivity contribution in [2.75, 3.05) is 11.9 Å². The first kappa shape index (κ1) is 16.0. The SMILES string of the molecule is N[C@@H]1CCC[C@H]1CC(=O)NCC(=O)Nc1ccc(Br)cc1. The zero-order valence-electron chi connectivity index (χ0n) is 11.8. The van der Waals surface area contributed by atoms with E-state index in [0.717, 1.165) is 23.7 Å². The van der Waals surface area contributed by atoms with Crippen LogP contribution in [-0.2, 0) is 9.59 Å². The molecular weight excluding hydrogens is 334 g/mol. The Balaban J connectivity index is 1.70. The number of hydrogen-bond donors (Lipinski definition) is 3. The largest absolute Gasteiger partial charge is 0.347 e. The van der Waals surface area contributed by atoms with Crippen molar-refractivity contribution >= 4 is 33.4 Å². The highest BCUT2D eigenvalue weighted by atomic mass is 79.9. The van der Waals surface area contributed by atoms with Crippen LogP contribution in [0.2, 0.25) is 0 Å². The standard InChI is InChI=1S/C15H20BrN3O2/c16-11-4-6-12(7-5-11)19-15(21)9-18-14(20)8-10-2-1-3-13(10)17/h4-7,10,13H,1-3,8-9,17H2,(H,18,20)(H,19,21)/t10-,13+/m0/s1. The first-order valence-corrected chi connectivity index (χ1v) is 7.91. The predicted molar refractivity (Wildman–Crippen MR) is 85.7 cm³/mol. The van der Waals surface area contributed by atoms with Gasteiger partial charge in [0.2, 0.25) is 11.8 Å². The van der Waals surface area contributed by atoms with Crippen molar-refractivity contribution in [1.82, 2.24) is 5.32 Å². The van der Waals surface area contributed by atoms with E-state index < -0.39 is 0 Å². The van der Waals surface area contributed by atoms with E-state index in [1.165, 1.54) is 0 Å². The van der Waals surface area contributed by atoms with Gasteiger partial charge in [-0.05, 0) is 43.0 Å². The minimum absolute atomic E-state index is 0.0170. The number of halogens is 1. The number of carbonyl (C=O) groups is 2. The molecule has 2 amide bonds. The predicted octanol–water partition coefficient (Wildman–Crippen LogP) is 2.02. The van der Waals surface area contributed by atoms with Crippen molar-refractivity contribution < 1.29 is 9.59 Å². The molecule has 0 heterocycles. The molecule has 1 fully saturated rings. The molecule has 6 heteroatoms. The summed E-state index contributed by atoms with van der Waals surface area (Å²) in [4.78, 5) is 23.5. The summed E-state index contributed by atoms with van der Waals surface area (Å²) in [5, 5.41) is 5.37. The fraction of sp³-hybridized carbons (Fsp3) is 0.467. The highest BCUT2D eigenvalue weighted by Gasteiger charge is 2.25. The molecule has 1 aromatic rings. The van der Waals surface area contributed by atoms with Crippen molar-refractivity contribution in [2.24, 2.45) is 11.7 Å². The van der Waals surface area contributed by atoms with Gasteiger partial charge in [-0.15, -0.1) is 0 Å². The molecule has 0 saturated heterocycles. The lowest BCUT2D eigenvalue weighted by Gasteiger charge is -2.14. The highest BCUT2D eigenvalue weighted by molar-refractivity contribution is 9.10. The molecule has 0 bridgehead atoms. The second kappa shape index (κ2) is 7.56. The summed E-state index contributed by atoms with van der Waals surface area (Å²) in [6.45, 7) is -0.0170. The summed E-state index contributed by atoms with van der Waals surface area (Å²) in [6, 6.07) is 7.39. The third kappa shape index (κ3) is 5.13. The van der Waals surface area contributed by atoms with Crippen LogP contribution in [-0.4, -0.2) is 24.4 Å². The van der Waals surface area contributed by atoms with Gasteiger partial charge < -0.3 is 16.4 Å². The van der Waals surface area contributed by atoms with Crippen LogP contribution < -0.4 is 16.4 Å². The average molecular weight is 354 g/mol. The number of nitrogens with two attached hydrogens (primary N) is 1. The van der Waals surface area contributed by atoms with E-state index in [9.17, 15) is 9.59 Å². The smallest absolute Gasteiger partial charge is 0.243 e. The van der Waals surface area contributed by atoms with E-state index in [-0.39, 0.29) is 30.3 Å². The summed E-state index contributed by atoms with van der Waals surface area (Å²) in [6.07, 6.45) is 3.48. The summed E-state index contributed by atoms with van der Waals surface area (Å²) < 4.78 is 0.946. The molecule has 21 heavy (non-hydrogen) atoms. The Bertz CT molecular complexity index is 504. The van der Waals surface area contributed by atoms with Crippen molar-refractivity contribution in [1.29, 1.82) is 0 Å². The number of benzene rings is 1. The van der Waals surface area contributed by atoms with Gasteiger partial charge in [0, 0.05) is 22.6 Å². The Morgan fingerprint density at radius 2 is 1.90 bits per heavy atom.